The van der Waals surface area contributed by atoms with Gasteiger partial charge in [-0.15, -0.1) is 10.2 Å². The van der Waals surface area contributed by atoms with Crippen molar-refractivity contribution < 1.29 is 8.42 Å². The van der Waals surface area contributed by atoms with Crippen molar-refractivity contribution in [1.29, 1.82) is 0 Å². The summed E-state index contributed by atoms with van der Waals surface area (Å²) in [5.74, 6) is 2.09. The third-order valence-electron chi connectivity index (χ3n) is 5.55. The first-order chi connectivity index (χ1) is 12.1. The van der Waals surface area contributed by atoms with E-state index in [2.05, 4.69) is 29.6 Å². The molecule has 0 radical (unpaired) electrons. The second-order valence-corrected chi connectivity index (χ2v) is 9.40. The summed E-state index contributed by atoms with van der Waals surface area (Å²) in [6.07, 6.45) is 7.98. The predicted octanol–water partition coefficient (Wildman–Crippen LogP) is 1.20. The van der Waals surface area contributed by atoms with Gasteiger partial charge < -0.3 is 5.32 Å². The average molecular weight is 362 g/mol. The monoisotopic (exact) mass is 362 g/mol. The van der Waals surface area contributed by atoms with Crippen molar-refractivity contribution in [3.8, 4) is 0 Å². The van der Waals surface area contributed by atoms with Gasteiger partial charge in [-0.3, -0.25) is 4.40 Å². The molecule has 2 saturated carbocycles. The molecular formula is C16H22N6O2S. The molecule has 0 spiro atoms. The number of aromatic nitrogens is 4. The first kappa shape index (κ1) is 15.5. The third-order valence-corrected chi connectivity index (χ3v) is 7.56. The van der Waals surface area contributed by atoms with E-state index < -0.39 is 10.0 Å². The predicted molar refractivity (Wildman–Crippen MR) is 93.1 cm³/mol. The number of fused-ring (bicyclic) bond motifs is 3. The van der Waals surface area contributed by atoms with Crippen LogP contribution in [0.3, 0.4) is 0 Å². The van der Waals surface area contributed by atoms with Crippen molar-refractivity contribution in [2.45, 2.75) is 62.2 Å². The number of nitrogens with one attached hydrogen (secondary N) is 2. The van der Waals surface area contributed by atoms with E-state index in [-0.39, 0.29) is 17.2 Å². The van der Waals surface area contributed by atoms with Crippen LogP contribution in [0.5, 0.6) is 0 Å². The van der Waals surface area contributed by atoms with E-state index in [1.165, 1.54) is 0 Å². The molecule has 2 N–H and O–H groups in total. The Hall–Kier alpha value is -1.74. The Morgan fingerprint density at radius 3 is 2.92 bits per heavy atom. The molecule has 2 aromatic rings. The highest BCUT2D eigenvalue weighted by Gasteiger charge is 2.38. The molecule has 9 heteroatoms. The van der Waals surface area contributed by atoms with Gasteiger partial charge in [-0.2, -0.15) is 0 Å². The molecule has 2 aliphatic carbocycles. The van der Waals surface area contributed by atoms with Crippen molar-refractivity contribution >= 4 is 21.5 Å². The summed E-state index contributed by atoms with van der Waals surface area (Å²) in [7, 11) is -3.14. The third kappa shape index (κ3) is 2.69. The van der Waals surface area contributed by atoms with Crippen LogP contribution in [0.1, 0.15) is 56.0 Å². The van der Waals surface area contributed by atoms with Crippen LogP contribution in [-0.4, -0.2) is 45.8 Å². The molecule has 3 heterocycles. The Labute approximate surface area is 146 Å². The number of nitrogens with zero attached hydrogens (tertiary/aromatic N) is 4. The first-order valence-corrected chi connectivity index (χ1v) is 10.6. The summed E-state index contributed by atoms with van der Waals surface area (Å²) in [6, 6.07) is 0.00436. The molecule has 134 valence electrons. The molecule has 0 aromatic carbocycles. The zero-order valence-corrected chi connectivity index (χ0v) is 14.8. The quantitative estimate of drug-likeness (QED) is 0.847. The maximum atomic E-state index is 12.3. The maximum Gasteiger partial charge on any atom is 0.214 e. The minimum Gasteiger partial charge on any atom is -0.368 e. The molecule has 8 nitrogen and oxygen atoms in total. The van der Waals surface area contributed by atoms with Crippen molar-refractivity contribution in [2.75, 3.05) is 11.9 Å². The van der Waals surface area contributed by atoms with Gasteiger partial charge in [0.05, 0.1) is 17.1 Å². The van der Waals surface area contributed by atoms with Gasteiger partial charge in [0.25, 0.3) is 0 Å². The van der Waals surface area contributed by atoms with E-state index in [1.807, 2.05) is 0 Å². The number of hydrogen-bond acceptors (Lipinski definition) is 6. The first-order valence-electron chi connectivity index (χ1n) is 9.10. The largest absolute Gasteiger partial charge is 0.368 e. The highest BCUT2D eigenvalue weighted by atomic mass is 32.2. The number of hydrogen-bond donors (Lipinski definition) is 2. The van der Waals surface area contributed by atoms with Crippen LogP contribution < -0.4 is 10.0 Å². The molecule has 1 aliphatic heterocycles. The van der Waals surface area contributed by atoms with Crippen molar-refractivity contribution in [1.82, 2.24) is 24.3 Å². The summed E-state index contributed by atoms with van der Waals surface area (Å²) in [4.78, 5) is 4.41. The van der Waals surface area contributed by atoms with Crippen LogP contribution in [0.15, 0.2) is 6.20 Å². The van der Waals surface area contributed by atoms with Gasteiger partial charge >= 0.3 is 0 Å². The molecule has 0 bridgehead atoms. The highest BCUT2D eigenvalue weighted by molar-refractivity contribution is 7.90. The summed E-state index contributed by atoms with van der Waals surface area (Å²) in [5, 5.41) is 11.9. The summed E-state index contributed by atoms with van der Waals surface area (Å²) >= 11 is 0. The molecule has 25 heavy (non-hydrogen) atoms. The normalized spacial score (nSPS) is 26.6. The van der Waals surface area contributed by atoms with Gasteiger partial charge in [-0.1, -0.05) is 6.42 Å². The van der Waals surface area contributed by atoms with E-state index in [1.54, 1.807) is 6.20 Å². The van der Waals surface area contributed by atoms with Gasteiger partial charge in [0.15, 0.2) is 5.65 Å². The van der Waals surface area contributed by atoms with Crippen LogP contribution in [0, 0.1) is 0 Å². The molecular weight excluding hydrogens is 340 g/mol. The van der Waals surface area contributed by atoms with Gasteiger partial charge in [-0.05, 0) is 32.1 Å². The Balaban J connectivity index is 1.43. The Kier molecular flexibility index (Phi) is 3.50. The molecule has 3 aliphatic rings. The topological polar surface area (TPSA) is 101 Å². The molecule has 0 unspecified atom stereocenters. The van der Waals surface area contributed by atoms with Crippen LogP contribution >= 0.6 is 0 Å². The summed E-state index contributed by atoms with van der Waals surface area (Å²) < 4.78 is 29.6. The molecule has 5 rings (SSSR count). The SMILES string of the molecule is O=S(=O)(N[C@H]1CCC[C@@H](c2nnc3cnc4c(n23)CCN4)C1)C1CC1. The zero-order valence-electron chi connectivity index (χ0n) is 14.0. The minimum absolute atomic E-state index is 0.00436. The molecule has 2 aromatic heterocycles. The summed E-state index contributed by atoms with van der Waals surface area (Å²) in [5.41, 5.74) is 1.91. The Morgan fingerprint density at radius 2 is 2.08 bits per heavy atom. The lowest BCUT2D eigenvalue weighted by Gasteiger charge is -2.28. The van der Waals surface area contributed by atoms with Gasteiger partial charge in [0.2, 0.25) is 10.0 Å². The molecule has 0 amide bonds. The number of rotatable bonds is 4. The molecule has 2 fully saturated rings. The van der Waals surface area contributed by atoms with Gasteiger partial charge in [0, 0.05) is 24.9 Å². The van der Waals surface area contributed by atoms with E-state index in [0.717, 1.165) is 74.5 Å². The van der Waals surface area contributed by atoms with Gasteiger partial charge in [-0.25, -0.2) is 18.1 Å². The van der Waals surface area contributed by atoms with Crippen molar-refractivity contribution in [3.63, 3.8) is 0 Å². The second kappa shape index (κ2) is 5.63. The van der Waals surface area contributed by atoms with Crippen LogP contribution in [0.2, 0.25) is 0 Å². The van der Waals surface area contributed by atoms with E-state index >= 15 is 0 Å². The average Bonchev–Trinajstić information content (AvgIpc) is 3.20. The standard InChI is InChI=1S/C16H22N6O2S/c23-25(24,12-4-5-12)21-11-3-1-2-10(8-11)16-20-19-14-9-18-15-13(22(14)16)6-7-17-15/h9-12,17,21H,1-8H2/t10-,11+/m1/s1. The van der Waals surface area contributed by atoms with Crippen molar-refractivity contribution in [3.05, 3.63) is 17.7 Å². The van der Waals surface area contributed by atoms with E-state index in [4.69, 9.17) is 0 Å². The van der Waals surface area contributed by atoms with Gasteiger partial charge in [0.1, 0.15) is 11.6 Å². The van der Waals surface area contributed by atoms with E-state index in [9.17, 15) is 8.42 Å². The van der Waals surface area contributed by atoms with Crippen molar-refractivity contribution in [2.24, 2.45) is 0 Å². The smallest absolute Gasteiger partial charge is 0.214 e. The lowest BCUT2D eigenvalue weighted by molar-refractivity contribution is 0.360. The lowest BCUT2D eigenvalue weighted by Crippen LogP contribution is -2.39. The Morgan fingerprint density at radius 1 is 1.20 bits per heavy atom. The maximum absolute atomic E-state index is 12.3. The minimum atomic E-state index is -3.14. The zero-order chi connectivity index (χ0) is 17.0. The second-order valence-electron chi connectivity index (χ2n) is 7.40. The number of anilines is 1. The van der Waals surface area contributed by atoms with Crippen LogP contribution in [0.25, 0.3) is 5.65 Å². The van der Waals surface area contributed by atoms with Crippen LogP contribution in [0.4, 0.5) is 5.82 Å². The van der Waals surface area contributed by atoms with Crippen LogP contribution in [-0.2, 0) is 16.4 Å². The summed E-state index contributed by atoms with van der Waals surface area (Å²) in [6.45, 7) is 0.882. The molecule has 0 saturated heterocycles. The highest BCUT2D eigenvalue weighted by Crippen LogP contribution is 2.35. The molecule has 2 atom stereocenters. The lowest BCUT2D eigenvalue weighted by atomic mass is 9.85. The number of sulfonamides is 1. The van der Waals surface area contributed by atoms with E-state index in [0.29, 0.717) is 0 Å². The fourth-order valence-electron chi connectivity index (χ4n) is 4.15. The Bertz CT molecular complexity index is 920. The fourth-order valence-corrected chi connectivity index (χ4v) is 5.78. The fraction of sp³-hybridized carbons (Fsp3) is 0.688.